The quantitative estimate of drug-likeness (QED) is 0.612. The lowest BCUT2D eigenvalue weighted by atomic mass is 10.2. The minimum Gasteiger partial charge on any atom is -0.490 e. The number of carbonyl (C=O) groups excluding carboxylic acids is 1. The summed E-state index contributed by atoms with van der Waals surface area (Å²) < 4.78 is 6.43. The molecule has 2 aromatic carbocycles. The molecule has 1 N–H and O–H groups in total. The van der Waals surface area contributed by atoms with Gasteiger partial charge in [0.25, 0.3) is 5.91 Å². The number of benzene rings is 2. The van der Waals surface area contributed by atoms with Gasteiger partial charge in [0.2, 0.25) is 0 Å². The van der Waals surface area contributed by atoms with Crippen molar-refractivity contribution in [1.82, 2.24) is 5.32 Å². The molecule has 2 rings (SSSR count). The summed E-state index contributed by atoms with van der Waals surface area (Å²) in [6.07, 6.45) is 0. The van der Waals surface area contributed by atoms with Gasteiger partial charge in [-0.1, -0.05) is 35.9 Å². The highest BCUT2D eigenvalue weighted by atomic mass is 127. The molecule has 20 heavy (non-hydrogen) atoms. The molecule has 0 radical (unpaired) electrons. The van der Waals surface area contributed by atoms with Crippen LogP contribution in [0.1, 0.15) is 10.4 Å². The second-order valence-corrected chi connectivity index (χ2v) is 5.58. The van der Waals surface area contributed by atoms with E-state index >= 15 is 0 Å². The van der Waals surface area contributed by atoms with Crippen molar-refractivity contribution in [2.75, 3.05) is 13.2 Å². The molecule has 0 aliphatic heterocycles. The lowest BCUT2D eigenvalue weighted by molar-refractivity contribution is 0.0946. The maximum Gasteiger partial charge on any atom is 0.252 e. The van der Waals surface area contributed by atoms with Gasteiger partial charge in [-0.05, 0) is 46.9 Å². The smallest absolute Gasteiger partial charge is 0.252 e. The lowest BCUT2D eigenvalue weighted by Gasteiger charge is -2.09. The fraction of sp³-hybridized carbons (Fsp3) is 0.133. The van der Waals surface area contributed by atoms with Gasteiger partial charge in [-0.25, -0.2) is 0 Å². The van der Waals surface area contributed by atoms with Gasteiger partial charge < -0.3 is 10.1 Å². The summed E-state index contributed by atoms with van der Waals surface area (Å²) in [6.45, 7) is 0.800. The zero-order valence-electron chi connectivity index (χ0n) is 10.6. The largest absolute Gasteiger partial charge is 0.490 e. The fourth-order valence-electron chi connectivity index (χ4n) is 1.63. The standard InChI is InChI=1S/C15H13ClINO2/c16-12-6-2-4-8-14(12)20-10-9-18-15(19)11-5-1-3-7-13(11)17/h1-8H,9-10H2,(H,18,19). The van der Waals surface area contributed by atoms with E-state index in [4.69, 9.17) is 16.3 Å². The highest BCUT2D eigenvalue weighted by Crippen LogP contribution is 2.22. The van der Waals surface area contributed by atoms with Gasteiger partial charge in [-0.2, -0.15) is 0 Å². The molecule has 0 aliphatic rings. The second-order valence-electron chi connectivity index (χ2n) is 4.01. The Hall–Kier alpha value is -1.27. The third-order valence-electron chi connectivity index (χ3n) is 2.60. The van der Waals surface area contributed by atoms with Crippen molar-refractivity contribution in [2.24, 2.45) is 0 Å². The Labute approximate surface area is 136 Å². The third kappa shape index (κ3) is 4.11. The van der Waals surface area contributed by atoms with E-state index in [0.717, 1.165) is 3.57 Å². The monoisotopic (exact) mass is 401 g/mol. The van der Waals surface area contributed by atoms with Crippen LogP contribution in [0.15, 0.2) is 48.5 Å². The van der Waals surface area contributed by atoms with E-state index in [9.17, 15) is 4.79 Å². The summed E-state index contributed by atoms with van der Waals surface area (Å²) in [5, 5.41) is 3.38. The summed E-state index contributed by atoms with van der Waals surface area (Å²) in [4.78, 5) is 11.9. The Kier molecular flexibility index (Phi) is 5.67. The van der Waals surface area contributed by atoms with Gasteiger partial charge >= 0.3 is 0 Å². The third-order valence-corrected chi connectivity index (χ3v) is 3.85. The van der Waals surface area contributed by atoms with Crippen LogP contribution in [-0.2, 0) is 0 Å². The summed E-state index contributed by atoms with van der Waals surface area (Å²) in [5.41, 5.74) is 0.672. The zero-order valence-corrected chi connectivity index (χ0v) is 13.5. The van der Waals surface area contributed by atoms with Crippen LogP contribution in [0.3, 0.4) is 0 Å². The van der Waals surface area contributed by atoms with Gasteiger partial charge in [0.15, 0.2) is 0 Å². The van der Waals surface area contributed by atoms with E-state index in [2.05, 4.69) is 27.9 Å². The molecular formula is C15H13ClINO2. The van der Waals surface area contributed by atoms with Crippen LogP contribution in [-0.4, -0.2) is 19.1 Å². The number of para-hydroxylation sites is 1. The van der Waals surface area contributed by atoms with Crippen LogP contribution >= 0.6 is 34.2 Å². The Morgan fingerprint density at radius 3 is 2.60 bits per heavy atom. The maximum atomic E-state index is 11.9. The van der Waals surface area contributed by atoms with E-state index in [1.165, 1.54) is 0 Å². The van der Waals surface area contributed by atoms with E-state index in [0.29, 0.717) is 29.5 Å². The number of carbonyl (C=O) groups is 1. The van der Waals surface area contributed by atoms with Gasteiger partial charge in [0.1, 0.15) is 12.4 Å². The minimum atomic E-state index is -0.0993. The molecule has 0 aliphatic carbocycles. The predicted molar refractivity (Wildman–Crippen MR) is 88.4 cm³/mol. The lowest BCUT2D eigenvalue weighted by Crippen LogP contribution is -2.28. The van der Waals surface area contributed by atoms with E-state index in [-0.39, 0.29) is 5.91 Å². The normalized spacial score (nSPS) is 10.1. The number of halogens is 2. The van der Waals surface area contributed by atoms with Crippen molar-refractivity contribution in [1.29, 1.82) is 0 Å². The molecule has 5 heteroatoms. The van der Waals surface area contributed by atoms with Crippen molar-refractivity contribution >= 4 is 40.1 Å². The SMILES string of the molecule is O=C(NCCOc1ccccc1Cl)c1ccccc1I. The summed E-state index contributed by atoms with van der Waals surface area (Å²) >= 11 is 8.11. The molecule has 0 spiro atoms. The average molecular weight is 402 g/mol. The molecule has 0 heterocycles. The predicted octanol–water partition coefficient (Wildman–Crippen LogP) is 3.75. The van der Waals surface area contributed by atoms with Crippen molar-refractivity contribution in [3.63, 3.8) is 0 Å². The molecule has 104 valence electrons. The summed E-state index contributed by atoms with van der Waals surface area (Å²) in [7, 11) is 0. The van der Waals surface area contributed by atoms with E-state index in [1.807, 2.05) is 30.3 Å². The highest BCUT2D eigenvalue weighted by molar-refractivity contribution is 14.1. The van der Waals surface area contributed by atoms with E-state index in [1.54, 1.807) is 18.2 Å². The molecule has 0 unspecified atom stereocenters. The number of amides is 1. The van der Waals surface area contributed by atoms with Crippen LogP contribution in [0.4, 0.5) is 0 Å². The van der Waals surface area contributed by atoms with Crippen LogP contribution in [0, 0.1) is 3.57 Å². The molecule has 0 saturated carbocycles. The van der Waals surface area contributed by atoms with Crippen molar-refractivity contribution in [3.8, 4) is 5.75 Å². The summed E-state index contributed by atoms with van der Waals surface area (Å²) in [6, 6.07) is 14.7. The number of rotatable bonds is 5. The number of hydrogen-bond acceptors (Lipinski definition) is 2. The zero-order chi connectivity index (χ0) is 14.4. The minimum absolute atomic E-state index is 0.0993. The van der Waals surface area contributed by atoms with Crippen LogP contribution in [0.25, 0.3) is 0 Å². The van der Waals surface area contributed by atoms with Crippen molar-refractivity contribution in [2.45, 2.75) is 0 Å². The molecule has 0 saturated heterocycles. The van der Waals surface area contributed by atoms with Gasteiger partial charge in [-0.15, -0.1) is 0 Å². The van der Waals surface area contributed by atoms with Gasteiger partial charge in [0.05, 0.1) is 17.1 Å². The topological polar surface area (TPSA) is 38.3 Å². The van der Waals surface area contributed by atoms with Gasteiger partial charge in [0, 0.05) is 3.57 Å². The molecule has 0 bridgehead atoms. The Morgan fingerprint density at radius 1 is 1.15 bits per heavy atom. The molecule has 2 aromatic rings. The highest BCUT2D eigenvalue weighted by Gasteiger charge is 2.08. The van der Waals surface area contributed by atoms with Crippen molar-refractivity contribution < 1.29 is 9.53 Å². The molecule has 0 atom stereocenters. The van der Waals surface area contributed by atoms with Crippen molar-refractivity contribution in [3.05, 3.63) is 62.7 Å². The Morgan fingerprint density at radius 2 is 1.85 bits per heavy atom. The molecule has 3 nitrogen and oxygen atoms in total. The first-order chi connectivity index (χ1) is 9.68. The van der Waals surface area contributed by atoms with Gasteiger partial charge in [-0.3, -0.25) is 4.79 Å². The van der Waals surface area contributed by atoms with E-state index < -0.39 is 0 Å². The first-order valence-corrected chi connectivity index (χ1v) is 7.54. The summed E-state index contributed by atoms with van der Waals surface area (Å²) in [5.74, 6) is 0.524. The fourth-order valence-corrected chi connectivity index (χ4v) is 2.45. The molecule has 1 amide bonds. The first-order valence-electron chi connectivity index (χ1n) is 6.08. The Balaban J connectivity index is 1.81. The number of ether oxygens (including phenoxy) is 1. The molecule has 0 aromatic heterocycles. The van der Waals surface area contributed by atoms with Crippen LogP contribution in [0.5, 0.6) is 5.75 Å². The van der Waals surface area contributed by atoms with Crippen LogP contribution < -0.4 is 10.1 Å². The first kappa shape index (κ1) is 15.1. The molecule has 0 fully saturated rings. The Bertz CT molecular complexity index is 604. The van der Waals surface area contributed by atoms with Crippen LogP contribution in [0.2, 0.25) is 5.02 Å². The molecular weight excluding hydrogens is 389 g/mol. The number of hydrogen-bond donors (Lipinski definition) is 1. The number of nitrogens with one attached hydrogen (secondary N) is 1. The second kappa shape index (κ2) is 7.50. The average Bonchev–Trinajstić information content (AvgIpc) is 2.45. The maximum absolute atomic E-state index is 11.9.